The summed E-state index contributed by atoms with van der Waals surface area (Å²) in [4.78, 5) is 23.4. The molecule has 0 aromatic heterocycles. The maximum atomic E-state index is 13.6. The van der Waals surface area contributed by atoms with E-state index in [-0.39, 0.29) is 15.6 Å². The van der Waals surface area contributed by atoms with Gasteiger partial charge in [0.15, 0.2) is 5.78 Å². The average Bonchev–Trinajstić information content (AvgIpc) is 2.63. The number of carbonyl (C=O) groups is 2. The molecule has 0 aliphatic carbocycles. The van der Waals surface area contributed by atoms with Crippen LogP contribution in [0.4, 0.5) is 26.3 Å². The minimum absolute atomic E-state index is 0.0143. The van der Waals surface area contributed by atoms with Gasteiger partial charge in [-0.2, -0.15) is 26.3 Å². The summed E-state index contributed by atoms with van der Waals surface area (Å²) in [7, 11) is 0. The normalized spacial score (nSPS) is 13.2. The summed E-state index contributed by atoms with van der Waals surface area (Å²) >= 11 is 9.47. The molecule has 2 aromatic rings. The van der Waals surface area contributed by atoms with Gasteiger partial charge in [0.25, 0.3) is 0 Å². The number of hydrogen-bond donors (Lipinski definition) is 1. The van der Waals surface area contributed by atoms with Crippen LogP contribution in [-0.2, 0) is 4.79 Å². The largest absolute Gasteiger partial charge is 0.399 e. The first-order chi connectivity index (χ1) is 15.2. The highest BCUT2D eigenvalue weighted by Crippen LogP contribution is 2.38. The van der Waals surface area contributed by atoms with Crippen LogP contribution in [0.5, 0.6) is 0 Å². The van der Waals surface area contributed by atoms with Gasteiger partial charge in [0, 0.05) is 19.0 Å². The standard InChI is InChI=1S/C21H14Br3F6NO2/c22-13-6-12(7-14(23)8-13)16(21(28,29)30)4-2-11-1-3-15(17(24)5-11)18(32)10-31-19(33)9-20(25,26)27/h1-8,16H,9-10H2,(H,31,33)/b4-2+. The van der Waals surface area contributed by atoms with E-state index in [1.54, 1.807) is 6.07 Å². The number of alkyl halides is 6. The number of amides is 1. The molecule has 1 amide bonds. The molecular weight excluding hydrogens is 652 g/mol. The van der Waals surface area contributed by atoms with E-state index in [1.807, 2.05) is 5.32 Å². The number of allylic oxidation sites excluding steroid dienone is 1. The van der Waals surface area contributed by atoms with Crippen molar-refractivity contribution in [2.75, 3.05) is 6.54 Å². The van der Waals surface area contributed by atoms with Crippen LogP contribution >= 0.6 is 47.8 Å². The Kier molecular flexibility index (Phi) is 9.34. The molecule has 0 saturated heterocycles. The third-order valence-electron chi connectivity index (χ3n) is 4.18. The molecular formula is C21H14Br3F6NO2. The van der Waals surface area contributed by atoms with E-state index in [0.29, 0.717) is 14.5 Å². The second-order valence-corrected chi connectivity index (χ2v) is 9.50. The van der Waals surface area contributed by atoms with Gasteiger partial charge < -0.3 is 5.32 Å². The van der Waals surface area contributed by atoms with Crippen molar-refractivity contribution < 1.29 is 35.9 Å². The lowest BCUT2D eigenvalue weighted by Gasteiger charge is -2.18. The van der Waals surface area contributed by atoms with Crippen LogP contribution in [0.2, 0.25) is 0 Å². The molecule has 0 aliphatic heterocycles. The molecule has 0 bridgehead atoms. The predicted octanol–water partition coefficient (Wildman–Crippen LogP) is 7.58. The van der Waals surface area contributed by atoms with Crippen molar-refractivity contribution in [2.45, 2.75) is 24.7 Å². The molecule has 1 N–H and O–H groups in total. The van der Waals surface area contributed by atoms with E-state index in [0.717, 1.165) is 6.08 Å². The summed E-state index contributed by atoms with van der Waals surface area (Å²) in [5, 5.41) is 1.89. The van der Waals surface area contributed by atoms with Crippen molar-refractivity contribution >= 4 is 65.6 Å². The van der Waals surface area contributed by atoms with Gasteiger partial charge in [-0.05, 0) is 41.5 Å². The zero-order chi connectivity index (χ0) is 25.0. The Bertz CT molecular complexity index is 1050. The lowest BCUT2D eigenvalue weighted by atomic mass is 9.97. The van der Waals surface area contributed by atoms with Crippen LogP contribution in [0.3, 0.4) is 0 Å². The number of hydrogen-bond acceptors (Lipinski definition) is 2. The fraction of sp³-hybridized carbons (Fsp3) is 0.238. The zero-order valence-corrected chi connectivity index (χ0v) is 21.1. The van der Waals surface area contributed by atoms with Crippen LogP contribution in [0.1, 0.15) is 33.8 Å². The van der Waals surface area contributed by atoms with Gasteiger partial charge in [-0.3, -0.25) is 9.59 Å². The van der Waals surface area contributed by atoms with Gasteiger partial charge in [-0.15, -0.1) is 0 Å². The molecule has 12 heteroatoms. The molecule has 2 aromatic carbocycles. The van der Waals surface area contributed by atoms with Crippen molar-refractivity contribution in [1.29, 1.82) is 0 Å². The van der Waals surface area contributed by atoms with Gasteiger partial charge in [-0.25, -0.2) is 0 Å². The van der Waals surface area contributed by atoms with Gasteiger partial charge in [-0.1, -0.05) is 66.0 Å². The van der Waals surface area contributed by atoms with E-state index in [9.17, 15) is 35.9 Å². The van der Waals surface area contributed by atoms with Crippen LogP contribution in [-0.4, -0.2) is 30.6 Å². The Balaban J connectivity index is 2.17. The van der Waals surface area contributed by atoms with E-state index in [4.69, 9.17) is 0 Å². The van der Waals surface area contributed by atoms with Gasteiger partial charge in [0.2, 0.25) is 5.91 Å². The van der Waals surface area contributed by atoms with Gasteiger partial charge in [0.05, 0.1) is 12.5 Å². The van der Waals surface area contributed by atoms with E-state index < -0.39 is 42.9 Å². The highest BCUT2D eigenvalue weighted by molar-refractivity contribution is 9.11. The Morgan fingerprint density at radius 1 is 0.939 bits per heavy atom. The lowest BCUT2D eigenvalue weighted by molar-refractivity contribution is -0.153. The first kappa shape index (κ1) is 27.6. The highest BCUT2D eigenvalue weighted by atomic mass is 79.9. The molecule has 1 atom stereocenters. The summed E-state index contributed by atoms with van der Waals surface area (Å²) in [6.07, 6.45) is -8.73. The van der Waals surface area contributed by atoms with E-state index in [2.05, 4.69) is 47.8 Å². The predicted molar refractivity (Wildman–Crippen MR) is 122 cm³/mol. The van der Waals surface area contributed by atoms with Gasteiger partial charge in [0.1, 0.15) is 6.42 Å². The van der Waals surface area contributed by atoms with Crippen molar-refractivity contribution in [3.8, 4) is 0 Å². The van der Waals surface area contributed by atoms with Crippen LogP contribution in [0.15, 0.2) is 55.9 Å². The lowest BCUT2D eigenvalue weighted by Crippen LogP contribution is -2.32. The third kappa shape index (κ3) is 8.90. The third-order valence-corrected chi connectivity index (χ3v) is 5.75. The minimum Gasteiger partial charge on any atom is -0.348 e. The molecule has 33 heavy (non-hydrogen) atoms. The summed E-state index contributed by atoms with van der Waals surface area (Å²) < 4.78 is 78.6. The average molecular weight is 666 g/mol. The number of Topliss-reactive ketones (excluding diaryl/α,β-unsaturated/α-hetero) is 1. The number of ketones is 1. The quantitative estimate of drug-likeness (QED) is 0.245. The zero-order valence-electron chi connectivity index (χ0n) is 16.3. The van der Waals surface area contributed by atoms with Gasteiger partial charge >= 0.3 is 12.4 Å². The Labute approximate surface area is 210 Å². The molecule has 0 saturated carbocycles. The molecule has 0 radical (unpaired) electrons. The topological polar surface area (TPSA) is 46.2 Å². The number of nitrogens with one attached hydrogen (secondary N) is 1. The molecule has 3 nitrogen and oxygen atoms in total. The number of halogens is 9. The summed E-state index contributed by atoms with van der Waals surface area (Å²) in [5.74, 6) is -3.90. The molecule has 0 aliphatic rings. The number of carbonyl (C=O) groups excluding carboxylic acids is 2. The summed E-state index contributed by atoms with van der Waals surface area (Å²) in [6, 6.07) is 8.41. The molecule has 178 valence electrons. The maximum absolute atomic E-state index is 13.6. The fourth-order valence-corrected chi connectivity index (χ4v) is 4.70. The summed E-state index contributed by atoms with van der Waals surface area (Å²) in [6.45, 7) is -0.656. The van der Waals surface area contributed by atoms with Crippen molar-refractivity contribution in [3.63, 3.8) is 0 Å². The highest BCUT2D eigenvalue weighted by Gasteiger charge is 2.39. The fourth-order valence-electron chi connectivity index (χ4n) is 2.75. The van der Waals surface area contributed by atoms with Crippen molar-refractivity contribution in [3.05, 3.63) is 72.6 Å². The smallest absolute Gasteiger partial charge is 0.348 e. The van der Waals surface area contributed by atoms with Crippen LogP contribution in [0.25, 0.3) is 6.08 Å². The van der Waals surface area contributed by atoms with Crippen molar-refractivity contribution in [1.82, 2.24) is 5.32 Å². The Morgan fingerprint density at radius 2 is 1.55 bits per heavy atom. The SMILES string of the molecule is O=C(CC(F)(F)F)NCC(=O)c1ccc(/C=C/C(c2cc(Br)cc(Br)c2)C(F)(F)F)cc1Br. The molecule has 1 unspecified atom stereocenters. The second kappa shape index (κ2) is 11.2. The Hall–Kier alpha value is -1.66. The monoisotopic (exact) mass is 663 g/mol. The second-order valence-electron chi connectivity index (χ2n) is 6.81. The molecule has 0 spiro atoms. The number of rotatable bonds is 7. The maximum Gasteiger partial charge on any atom is 0.399 e. The first-order valence-corrected chi connectivity index (χ1v) is 11.4. The molecule has 0 fully saturated rings. The Morgan fingerprint density at radius 3 is 2.06 bits per heavy atom. The molecule has 0 heterocycles. The van der Waals surface area contributed by atoms with E-state index in [1.165, 1.54) is 36.4 Å². The van der Waals surface area contributed by atoms with Crippen LogP contribution < -0.4 is 5.32 Å². The number of benzene rings is 2. The van der Waals surface area contributed by atoms with Crippen LogP contribution in [0, 0.1) is 0 Å². The van der Waals surface area contributed by atoms with E-state index >= 15 is 0 Å². The first-order valence-electron chi connectivity index (χ1n) is 9.03. The summed E-state index contributed by atoms with van der Waals surface area (Å²) in [5.41, 5.74) is 0.422. The molecule has 2 rings (SSSR count). The van der Waals surface area contributed by atoms with Crippen molar-refractivity contribution in [2.24, 2.45) is 0 Å². The minimum atomic E-state index is -4.69.